The second-order valence-electron chi connectivity index (χ2n) is 5.10. The fraction of sp³-hybridized carbons (Fsp3) is 0.615. The molecule has 0 aromatic carbocycles. The van der Waals surface area contributed by atoms with E-state index in [4.69, 9.17) is 10.00 Å². The van der Waals surface area contributed by atoms with Crippen LogP contribution in [0.25, 0.3) is 0 Å². The van der Waals surface area contributed by atoms with Gasteiger partial charge in [0.15, 0.2) is 0 Å². The second-order valence-corrected chi connectivity index (χ2v) is 5.10. The number of carboxylic acids is 1. The number of hydrogen-bond donors (Lipinski definition) is 2. The van der Waals surface area contributed by atoms with Crippen LogP contribution in [-0.2, 0) is 16.6 Å². The first-order chi connectivity index (χ1) is 9.50. The molecule has 0 saturated carbocycles. The van der Waals surface area contributed by atoms with Crippen molar-refractivity contribution in [1.82, 2.24) is 9.78 Å². The van der Waals surface area contributed by atoms with Crippen molar-refractivity contribution in [3.63, 3.8) is 0 Å². The van der Waals surface area contributed by atoms with Gasteiger partial charge in [0, 0.05) is 26.8 Å². The molecule has 0 radical (unpaired) electrons. The minimum atomic E-state index is -0.844. The summed E-state index contributed by atoms with van der Waals surface area (Å²) in [7, 11) is 1.73. The number of nitrogens with one attached hydrogen (secondary N) is 1. The molecule has 0 atom stereocenters. The topological polar surface area (TPSA) is 100 Å². The van der Waals surface area contributed by atoms with Crippen molar-refractivity contribution in [2.24, 2.45) is 12.5 Å². The first kappa shape index (κ1) is 14.3. The molecular formula is C13H18N4O3. The summed E-state index contributed by atoms with van der Waals surface area (Å²) < 4.78 is 6.81. The maximum atomic E-state index is 11.6. The van der Waals surface area contributed by atoms with Crippen LogP contribution in [0.2, 0.25) is 0 Å². The molecule has 1 aliphatic heterocycles. The normalized spacial score (nSPS) is 17.4. The van der Waals surface area contributed by atoms with Crippen LogP contribution < -0.4 is 5.32 Å². The smallest absolute Gasteiger partial charge is 0.311 e. The standard InChI is InChI=1S/C13H18N4O3/c1-9-10(7-14)11(17(2)16-9)15-8-13(12(18)19)3-5-20-6-4-13/h15H,3-6,8H2,1-2H3,(H,18,19). The number of aryl methyl sites for hydroxylation is 2. The van der Waals surface area contributed by atoms with Gasteiger partial charge in [-0.1, -0.05) is 0 Å². The Morgan fingerprint density at radius 2 is 2.25 bits per heavy atom. The van der Waals surface area contributed by atoms with Crippen LogP contribution in [0.15, 0.2) is 0 Å². The third-order valence-electron chi connectivity index (χ3n) is 3.83. The van der Waals surface area contributed by atoms with Crippen molar-refractivity contribution in [3.05, 3.63) is 11.3 Å². The molecule has 1 aromatic rings. The van der Waals surface area contributed by atoms with Gasteiger partial charge in [-0.3, -0.25) is 9.48 Å². The number of ether oxygens (including phenoxy) is 1. The van der Waals surface area contributed by atoms with Crippen LogP contribution in [0.1, 0.15) is 24.1 Å². The predicted molar refractivity (Wildman–Crippen MR) is 71.3 cm³/mol. The van der Waals surface area contributed by atoms with E-state index >= 15 is 0 Å². The van der Waals surface area contributed by atoms with Crippen LogP contribution in [0.5, 0.6) is 0 Å². The van der Waals surface area contributed by atoms with E-state index in [1.165, 1.54) is 0 Å². The highest BCUT2D eigenvalue weighted by Crippen LogP contribution is 2.31. The highest BCUT2D eigenvalue weighted by Gasteiger charge is 2.40. The first-order valence-corrected chi connectivity index (χ1v) is 6.49. The maximum absolute atomic E-state index is 11.6. The monoisotopic (exact) mass is 278 g/mol. The van der Waals surface area contributed by atoms with Crippen molar-refractivity contribution >= 4 is 11.8 Å². The Labute approximate surface area is 117 Å². The highest BCUT2D eigenvalue weighted by atomic mass is 16.5. The Kier molecular flexibility index (Phi) is 3.95. The Bertz CT molecular complexity index is 553. The van der Waals surface area contributed by atoms with Crippen LogP contribution in [0, 0.1) is 23.7 Å². The van der Waals surface area contributed by atoms with Gasteiger partial charge >= 0.3 is 5.97 Å². The molecule has 1 saturated heterocycles. The summed E-state index contributed by atoms with van der Waals surface area (Å²) in [5.41, 5.74) is 0.248. The van der Waals surface area contributed by atoms with Crippen molar-refractivity contribution in [2.45, 2.75) is 19.8 Å². The van der Waals surface area contributed by atoms with Gasteiger partial charge in [-0.2, -0.15) is 10.4 Å². The van der Waals surface area contributed by atoms with Gasteiger partial charge in [0.25, 0.3) is 0 Å². The molecule has 0 unspecified atom stereocenters. The number of hydrogen-bond acceptors (Lipinski definition) is 5. The summed E-state index contributed by atoms with van der Waals surface area (Å²) in [6.07, 6.45) is 0.933. The van der Waals surface area contributed by atoms with E-state index in [2.05, 4.69) is 16.5 Å². The van der Waals surface area contributed by atoms with Crippen LogP contribution in [-0.4, -0.2) is 40.6 Å². The number of carbonyl (C=O) groups is 1. The summed E-state index contributed by atoms with van der Waals surface area (Å²) in [6.45, 7) is 2.91. The van der Waals surface area contributed by atoms with Crippen molar-refractivity contribution in [1.29, 1.82) is 5.26 Å². The van der Waals surface area contributed by atoms with E-state index in [0.717, 1.165) is 0 Å². The maximum Gasteiger partial charge on any atom is 0.311 e. The van der Waals surface area contributed by atoms with Gasteiger partial charge in [-0.05, 0) is 19.8 Å². The molecule has 2 rings (SSSR count). The number of anilines is 1. The molecule has 0 bridgehead atoms. The number of carboxylic acid groups (broad SMARTS) is 1. The molecule has 7 heteroatoms. The zero-order valence-electron chi connectivity index (χ0n) is 11.6. The lowest BCUT2D eigenvalue weighted by Crippen LogP contribution is -2.43. The fourth-order valence-corrected chi connectivity index (χ4v) is 2.48. The molecule has 0 aliphatic carbocycles. The summed E-state index contributed by atoms with van der Waals surface area (Å²) in [4.78, 5) is 11.6. The van der Waals surface area contributed by atoms with Crippen molar-refractivity contribution in [3.8, 4) is 6.07 Å². The lowest BCUT2D eigenvalue weighted by atomic mass is 9.80. The Balaban J connectivity index is 2.18. The van der Waals surface area contributed by atoms with E-state index in [0.29, 0.717) is 43.1 Å². The zero-order chi connectivity index (χ0) is 14.8. The molecule has 2 heterocycles. The Morgan fingerprint density at radius 3 is 2.80 bits per heavy atom. The Hall–Kier alpha value is -2.07. The summed E-state index contributed by atoms with van der Waals surface area (Å²) in [5, 5.41) is 25.9. The summed E-state index contributed by atoms with van der Waals surface area (Å²) in [5.74, 6) is -0.261. The van der Waals surface area contributed by atoms with Crippen LogP contribution in [0.3, 0.4) is 0 Å². The Morgan fingerprint density at radius 1 is 1.60 bits per heavy atom. The number of nitriles is 1. The molecule has 1 aromatic heterocycles. The summed E-state index contributed by atoms with van der Waals surface area (Å²) in [6, 6.07) is 2.10. The highest BCUT2D eigenvalue weighted by molar-refractivity contribution is 5.75. The SMILES string of the molecule is Cc1nn(C)c(NCC2(C(=O)O)CCOCC2)c1C#N. The summed E-state index contributed by atoms with van der Waals surface area (Å²) >= 11 is 0. The van der Waals surface area contributed by atoms with E-state index in [1.807, 2.05) is 0 Å². The lowest BCUT2D eigenvalue weighted by Gasteiger charge is -2.33. The van der Waals surface area contributed by atoms with Crippen molar-refractivity contribution in [2.75, 3.05) is 25.1 Å². The predicted octanol–water partition coefficient (Wildman–Crippen LogP) is 0.893. The fourth-order valence-electron chi connectivity index (χ4n) is 2.48. The van der Waals surface area contributed by atoms with Crippen molar-refractivity contribution < 1.29 is 14.6 Å². The number of rotatable bonds is 4. The molecule has 0 spiro atoms. The van der Waals surface area contributed by atoms with E-state index in [9.17, 15) is 9.90 Å². The molecule has 7 nitrogen and oxygen atoms in total. The second kappa shape index (κ2) is 5.51. The van der Waals surface area contributed by atoms with Crippen LogP contribution in [0.4, 0.5) is 5.82 Å². The number of nitrogens with zero attached hydrogens (tertiary/aromatic N) is 3. The largest absolute Gasteiger partial charge is 0.481 e. The molecule has 0 amide bonds. The van der Waals surface area contributed by atoms with Gasteiger partial charge in [0.05, 0.1) is 11.1 Å². The average molecular weight is 278 g/mol. The molecule has 2 N–H and O–H groups in total. The molecule has 20 heavy (non-hydrogen) atoms. The first-order valence-electron chi connectivity index (χ1n) is 6.49. The average Bonchev–Trinajstić information content (AvgIpc) is 2.70. The minimum Gasteiger partial charge on any atom is -0.481 e. The van der Waals surface area contributed by atoms with Gasteiger partial charge in [-0.25, -0.2) is 0 Å². The van der Waals surface area contributed by atoms with E-state index < -0.39 is 11.4 Å². The molecule has 108 valence electrons. The van der Waals surface area contributed by atoms with Gasteiger partial charge in [0.2, 0.25) is 0 Å². The van der Waals surface area contributed by atoms with Crippen LogP contribution >= 0.6 is 0 Å². The quantitative estimate of drug-likeness (QED) is 0.848. The number of aliphatic carboxylic acids is 1. The molecule has 1 aliphatic rings. The van der Waals surface area contributed by atoms with Gasteiger partial charge in [-0.15, -0.1) is 0 Å². The minimum absolute atomic E-state index is 0.263. The van der Waals surface area contributed by atoms with Gasteiger partial charge < -0.3 is 15.2 Å². The third kappa shape index (κ3) is 2.47. The number of aromatic nitrogens is 2. The van der Waals surface area contributed by atoms with E-state index in [1.54, 1.807) is 18.7 Å². The zero-order valence-corrected chi connectivity index (χ0v) is 11.6. The molecular weight excluding hydrogens is 260 g/mol. The van der Waals surface area contributed by atoms with E-state index in [-0.39, 0.29) is 6.54 Å². The molecule has 1 fully saturated rings. The lowest BCUT2D eigenvalue weighted by molar-refractivity contribution is -0.153. The third-order valence-corrected chi connectivity index (χ3v) is 3.83. The van der Waals surface area contributed by atoms with Gasteiger partial charge in [0.1, 0.15) is 17.5 Å².